The zero-order chi connectivity index (χ0) is 13.3. The number of benzene rings is 1. The fourth-order valence-electron chi connectivity index (χ4n) is 1.70. The van der Waals surface area contributed by atoms with E-state index in [1.54, 1.807) is 7.05 Å². The molecule has 0 bridgehead atoms. The van der Waals surface area contributed by atoms with E-state index in [1.807, 2.05) is 0 Å². The van der Waals surface area contributed by atoms with Gasteiger partial charge < -0.3 is 5.32 Å². The van der Waals surface area contributed by atoms with Crippen LogP contribution in [0.5, 0.6) is 0 Å². The monoisotopic (exact) mass is 257 g/mol. The molecule has 0 saturated heterocycles. The minimum absolute atomic E-state index is 0.0393. The van der Waals surface area contributed by atoms with Gasteiger partial charge in [-0.25, -0.2) is 4.98 Å². The third-order valence-electron chi connectivity index (χ3n) is 2.49. The molecule has 1 aromatic heterocycles. The molecule has 0 amide bonds. The number of hydrogen-bond donors (Lipinski definition) is 1. The summed E-state index contributed by atoms with van der Waals surface area (Å²) >= 11 is 0. The smallest absolute Gasteiger partial charge is 0.303 e. The van der Waals surface area contributed by atoms with Crippen molar-refractivity contribution in [3.05, 3.63) is 40.4 Å². The molecule has 18 heavy (non-hydrogen) atoms. The summed E-state index contributed by atoms with van der Waals surface area (Å²) in [6, 6.07) is 3.46. The van der Waals surface area contributed by atoms with E-state index < -0.39 is 17.3 Å². The first-order valence-corrected chi connectivity index (χ1v) is 5.15. The Morgan fingerprint density at radius 2 is 2.11 bits per heavy atom. The maximum absolute atomic E-state index is 12.7. The van der Waals surface area contributed by atoms with E-state index in [1.165, 1.54) is 16.7 Å². The first kappa shape index (κ1) is 12.6. The summed E-state index contributed by atoms with van der Waals surface area (Å²) in [5.74, 6) is 0. The molecule has 7 heteroatoms. The van der Waals surface area contributed by atoms with Crippen molar-refractivity contribution in [1.29, 1.82) is 0 Å². The Balaban J connectivity index is 2.75. The molecule has 0 aliphatic rings. The van der Waals surface area contributed by atoms with E-state index in [0.717, 1.165) is 12.4 Å². The van der Waals surface area contributed by atoms with E-state index in [-0.39, 0.29) is 17.6 Å². The molecular weight excluding hydrogens is 247 g/mol. The molecule has 0 aliphatic heterocycles. The van der Waals surface area contributed by atoms with Gasteiger partial charge in [0.15, 0.2) is 0 Å². The van der Waals surface area contributed by atoms with E-state index in [2.05, 4.69) is 10.3 Å². The normalized spacial score (nSPS) is 12.0. The first-order chi connectivity index (χ1) is 8.45. The van der Waals surface area contributed by atoms with Gasteiger partial charge in [0.2, 0.25) is 0 Å². The van der Waals surface area contributed by atoms with Crippen LogP contribution in [0.15, 0.2) is 29.3 Å². The lowest BCUT2D eigenvalue weighted by molar-refractivity contribution is -0.136. The third kappa shape index (κ3) is 2.08. The quantitative estimate of drug-likeness (QED) is 0.888. The molecule has 0 saturated carbocycles. The molecule has 2 aromatic rings. The number of alkyl halides is 3. The summed E-state index contributed by atoms with van der Waals surface area (Å²) in [4.78, 5) is 15.6. The number of rotatable bonds is 2. The Hall–Kier alpha value is -1.89. The molecule has 2 rings (SSSR count). The standard InChI is InChI=1S/C11H10F3N3O/c1-15-5-17-6-16-9-7(10(17)18)3-2-4-8(9)11(12,13)14/h2-4,6,15H,5H2,1H3. The Labute approximate surface area is 100 Å². The highest BCUT2D eigenvalue weighted by Crippen LogP contribution is 2.32. The first-order valence-electron chi connectivity index (χ1n) is 5.15. The van der Waals surface area contributed by atoms with Crippen LogP contribution in [0.25, 0.3) is 10.9 Å². The second-order valence-electron chi connectivity index (χ2n) is 3.73. The molecule has 0 spiro atoms. The summed E-state index contributed by atoms with van der Waals surface area (Å²) in [6.07, 6.45) is -3.41. The highest BCUT2D eigenvalue weighted by molar-refractivity contribution is 5.81. The van der Waals surface area contributed by atoms with Crippen LogP contribution in [0.2, 0.25) is 0 Å². The van der Waals surface area contributed by atoms with E-state index in [9.17, 15) is 18.0 Å². The van der Waals surface area contributed by atoms with Crippen molar-refractivity contribution in [2.75, 3.05) is 7.05 Å². The Bertz CT molecular complexity index is 633. The molecule has 96 valence electrons. The lowest BCUT2D eigenvalue weighted by Gasteiger charge is -2.10. The summed E-state index contributed by atoms with van der Waals surface area (Å²) in [5.41, 5.74) is -1.71. The van der Waals surface area contributed by atoms with Crippen molar-refractivity contribution >= 4 is 10.9 Å². The summed E-state index contributed by atoms with van der Waals surface area (Å²) < 4.78 is 39.4. The van der Waals surface area contributed by atoms with Crippen molar-refractivity contribution in [2.24, 2.45) is 0 Å². The number of fused-ring (bicyclic) bond motifs is 1. The minimum Gasteiger partial charge on any atom is -0.303 e. The highest BCUT2D eigenvalue weighted by atomic mass is 19.4. The van der Waals surface area contributed by atoms with Crippen LogP contribution in [0.4, 0.5) is 13.2 Å². The van der Waals surface area contributed by atoms with Crippen molar-refractivity contribution in [2.45, 2.75) is 12.8 Å². The van der Waals surface area contributed by atoms with Gasteiger partial charge in [0.05, 0.1) is 29.5 Å². The number of hydrogen-bond acceptors (Lipinski definition) is 3. The largest absolute Gasteiger partial charge is 0.418 e. The molecule has 0 fully saturated rings. The molecule has 1 N–H and O–H groups in total. The van der Waals surface area contributed by atoms with Crippen molar-refractivity contribution in [1.82, 2.24) is 14.9 Å². The van der Waals surface area contributed by atoms with Crippen LogP contribution < -0.4 is 10.9 Å². The predicted octanol–water partition coefficient (Wildman–Crippen LogP) is 1.59. The molecule has 4 nitrogen and oxygen atoms in total. The van der Waals surface area contributed by atoms with Gasteiger partial charge in [0, 0.05) is 0 Å². The highest BCUT2D eigenvalue weighted by Gasteiger charge is 2.33. The molecule has 0 radical (unpaired) electrons. The number of halogens is 3. The van der Waals surface area contributed by atoms with Crippen molar-refractivity contribution in [3.63, 3.8) is 0 Å². The van der Waals surface area contributed by atoms with Gasteiger partial charge >= 0.3 is 6.18 Å². The number of para-hydroxylation sites is 1. The number of nitrogens with zero attached hydrogens (tertiary/aromatic N) is 2. The second-order valence-corrected chi connectivity index (χ2v) is 3.73. The lowest BCUT2D eigenvalue weighted by atomic mass is 10.1. The molecular formula is C11H10F3N3O. The SMILES string of the molecule is CNCn1cnc2c(C(F)(F)F)cccc2c1=O. The van der Waals surface area contributed by atoms with Gasteiger partial charge in [-0.15, -0.1) is 0 Å². The Kier molecular flexibility index (Phi) is 3.08. The average Bonchev–Trinajstić information content (AvgIpc) is 2.31. The predicted molar refractivity (Wildman–Crippen MR) is 60.1 cm³/mol. The molecule has 1 heterocycles. The fourth-order valence-corrected chi connectivity index (χ4v) is 1.70. The maximum atomic E-state index is 12.7. The number of aromatic nitrogens is 2. The summed E-state index contributed by atoms with van der Waals surface area (Å²) in [5, 5.41) is 2.70. The van der Waals surface area contributed by atoms with Gasteiger partial charge in [0.25, 0.3) is 5.56 Å². The van der Waals surface area contributed by atoms with Gasteiger partial charge in [-0.3, -0.25) is 9.36 Å². The number of nitrogens with one attached hydrogen (secondary N) is 1. The lowest BCUT2D eigenvalue weighted by Crippen LogP contribution is -2.27. The average molecular weight is 257 g/mol. The van der Waals surface area contributed by atoms with Crippen LogP contribution in [0.1, 0.15) is 5.56 Å². The van der Waals surface area contributed by atoms with Crippen LogP contribution in [0, 0.1) is 0 Å². The van der Waals surface area contributed by atoms with Gasteiger partial charge in [-0.1, -0.05) is 6.07 Å². The van der Waals surface area contributed by atoms with E-state index >= 15 is 0 Å². The Morgan fingerprint density at radius 1 is 1.39 bits per heavy atom. The molecule has 0 atom stereocenters. The fraction of sp³-hybridized carbons (Fsp3) is 0.273. The van der Waals surface area contributed by atoms with Crippen LogP contribution in [-0.4, -0.2) is 16.6 Å². The third-order valence-corrected chi connectivity index (χ3v) is 2.49. The van der Waals surface area contributed by atoms with Gasteiger partial charge in [-0.2, -0.15) is 13.2 Å². The van der Waals surface area contributed by atoms with E-state index in [0.29, 0.717) is 0 Å². The van der Waals surface area contributed by atoms with E-state index in [4.69, 9.17) is 0 Å². The summed E-state index contributed by atoms with van der Waals surface area (Å²) in [7, 11) is 1.63. The van der Waals surface area contributed by atoms with Crippen LogP contribution in [-0.2, 0) is 12.8 Å². The Morgan fingerprint density at radius 3 is 2.72 bits per heavy atom. The zero-order valence-electron chi connectivity index (χ0n) is 9.45. The molecule has 0 aliphatic carbocycles. The van der Waals surface area contributed by atoms with Gasteiger partial charge in [-0.05, 0) is 19.2 Å². The van der Waals surface area contributed by atoms with Gasteiger partial charge in [0.1, 0.15) is 0 Å². The van der Waals surface area contributed by atoms with Crippen molar-refractivity contribution in [3.8, 4) is 0 Å². The minimum atomic E-state index is -4.52. The maximum Gasteiger partial charge on any atom is 0.418 e. The van der Waals surface area contributed by atoms with Crippen LogP contribution in [0.3, 0.4) is 0 Å². The molecule has 0 unspecified atom stereocenters. The summed E-state index contributed by atoms with van der Waals surface area (Å²) in [6.45, 7) is 0.192. The second kappa shape index (κ2) is 4.41. The van der Waals surface area contributed by atoms with Crippen LogP contribution >= 0.6 is 0 Å². The topological polar surface area (TPSA) is 46.9 Å². The zero-order valence-corrected chi connectivity index (χ0v) is 9.45. The van der Waals surface area contributed by atoms with Crippen molar-refractivity contribution < 1.29 is 13.2 Å². The molecule has 1 aromatic carbocycles.